The first-order valence-corrected chi connectivity index (χ1v) is 12.2. The Morgan fingerprint density at radius 1 is 1.00 bits per heavy atom. The van der Waals surface area contributed by atoms with Gasteiger partial charge in [-0.2, -0.15) is 0 Å². The fourth-order valence-corrected chi connectivity index (χ4v) is 5.36. The van der Waals surface area contributed by atoms with Gasteiger partial charge in [-0.05, 0) is 40.5 Å². The van der Waals surface area contributed by atoms with Crippen molar-refractivity contribution >= 4 is 18.0 Å². The summed E-state index contributed by atoms with van der Waals surface area (Å²) in [5.74, 6) is -1.43. The van der Waals surface area contributed by atoms with Crippen LogP contribution in [0.4, 0.5) is 4.79 Å². The number of aliphatic carboxylic acids is 1. The lowest BCUT2D eigenvalue weighted by molar-refractivity contribution is -0.147. The molecule has 35 heavy (non-hydrogen) atoms. The van der Waals surface area contributed by atoms with Crippen LogP contribution in [0.15, 0.2) is 48.5 Å². The Bertz CT molecular complexity index is 1070. The number of ether oxygens (including phenoxy) is 1. The average molecular weight is 479 g/mol. The molecule has 0 radical (unpaired) electrons. The lowest BCUT2D eigenvalue weighted by atomic mass is 9.82. The molecule has 4 rings (SSSR count). The van der Waals surface area contributed by atoms with Crippen molar-refractivity contribution in [2.24, 2.45) is 10.8 Å². The van der Waals surface area contributed by atoms with E-state index in [4.69, 9.17) is 4.74 Å². The van der Waals surface area contributed by atoms with Gasteiger partial charge < -0.3 is 20.5 Å². The number of hydrogen-bond donors (Lipinski definition) is 3. The summed E-state index contributed by atoms with van der Waals surface area (Å²) >= 11 is 0. The van der Waals surface area contributed by atoms with E-state index in [0.717, 1.165) is 35.1 Å². The standard InChI is InChI=1S/C28H34N2O5/c1-27(2,3)23(24(31)32)30-25(33)28(14-8-9-15-28)17-29-26(34)35-16-22-20-12-6-4-10-18(20)19-11-5-7-13-21(19)22/h4-7,10-13,22-23H,8-9,14-17H2,1-3H3,(H,29,34)(H,30,33)(H,31,32)/t23-/m0/s1. The van der Waals surface area contributed by atoms with Gasteiger partial charge in [0.1, 0.15) is 12.6 Å². The highest BCUT2D eigenvalue weighted by Crippen LogP contribution is 2.44. The summed E-state index contributed by atoms with van der Waals surface area (Å²) in [5, 5.41) is 15.1. The SMILES string of the molecule is CC(C)(C)[C@@H](NC(=O)C1(CNC(=O)OCC2c3ccccc3-c3ccccc32)CCCC1)C(=O)O. The number of nitrogens with one attached hydrogen (secondary N) is 2. The number of rotatable bonds is 7. The molecule has 0 bridgehead atoms. The van der Waals surface area contributed by atoms with Crippen LogP contribution in [0, 0.1) is 10.8 Å². The fraction of sp³-hybridized carbons (Fsp3) is 0.464. The molecule has 3 N–H and O–H groups in total. The molecule has 0 spiro atoms. The minimum atomic E-state index is -1.07. The number of benzene rings is 2. The first-order valence-electron chi connectivity index (χ1n) is 12.2. The zero-order chi connectivity index (χ0) is 25.2. The molecule has 2 aromatic rings. The van der Waals surface area contributed by atoms with Crippen molar-refractivity contribution in [3.63, 3.8) is 0 Å². The van der Waals surface area contributed by atoms with E-state index in [1.165, 1.54) is 0 Å². The van der Waals surface area contributed by atoms with Crippen LogP contribution in [-0.2, 0) is 14.3 Å². The lowest BCUT2D eigenvalue weighted by Gasteiger charge is -2.33. The van der Waals surface area contributed by atoms with Gasteiger partial charge in [0.05, 0.1) is 5.41 Å². The summed E-state index contributed by atoms with van der Waals surface area (Å²) in [4.78, 5) is 37.6. The monoisotopic (exact) mass is 478 g/mol. The third-order valence-corrected chi connectivity index (χ3v) is 7.35. The van der Waals surface area contributed by atoms with Gasteiger partial charge >= 0.3 is 12.1 Å². The zero-order valence-corrected chi connectivity index (χ0v) is 20.6. The van der Waals surface area contributed by atoms with Crippen LogP contribution >= 0.6 is 0 Å². The number of carbonyl (C=O) groups is 3. The van der Waals surface area contributed by atoms with Gasteiger partial charge in [0.15, 0.2) is 0 Å². The van der Waals surface area contributed by atoms with Gasteiger partial charge in [0, 0.05) is 12.5 Å². The normalized spacial score (nSPS) is 17.2. The summed E-state index contributed by atoms with van der Waals surface area (Å²) in [6.07, 6.45) is 2.33. The number of carboxylic acid groups (broad SMARTS) is 1. The molecule has 2 amide bonds. The number of amides is 2. The topological polar surface area (TPSA) is 105 Å². The van der Waals surface area contributed by atoms with Crippen molar-refractivity contribution in [3.05, 3.63) is 59.7 Å². The highest BCUT2D eigenvalue weighted by atomic mass is 16.5. The summed E-state index contributed by atoms with van der Waals surface area (Å²) in [5.41, 5.74) is 3.12. The molecule has 0 aromatic heterocycles. The van der Waals surface area contributed by atoms with Crippen molar-refractivity contribution in [2.45, 2.75) is 58.4 Å². The molecule has 2 aliphatic rings. The predicted octanol–water partition coefficient (Wildman–Crippen LogP) is 4.70. The molecule has 1 atom stereocenters. The number of fused-ring (bicyclic) bond motifs is 3. The quantitative estimate of drug-likeness (QED) is 0.535. The van der Waals surface area contributed by atoms with E-state index in [2.05, 4.69) is 34.9 Å². The van der Waals surface area contributed by atoms with Crippen LogP contribution in [0.25, 0.3) is 11.1 Å². The Balaban J connectivity index is 1.39. The third-order valence-electron chi connectivity index (χ3n) is 7.35. The van der Waals surface area contributed by atoms with Crippen LogP contribution in [-0.4, -0.2) is 42.3 Å². The minimum Gasteiger partial charge on any atom is -0.480 e. The van der Waals surface area contributed by atoms with E-state index in [1.54, 1.807) is 20.8 Å². The van der Waals surface area contributed by atoms with Gasteiger partial charge in [0.25, 0.3) is 0 Å². The van der Waals surface area contributed by atoms with E-state index < -0.39 is 28.9 Å². The smallest absolute Gasteiger partial charge is 0.407 e. The molecule has 1 saturated carbocycles. The van der Waals surface area contributed by atoms with Crippen LogP contribution in [0.2, 0.25) is 0 Å². The average Bonchev–Trinajstić information content (AvgIpc) is 3.43. The summed E-state index contributed by atoms with van der Waals surface area (Å²) in [6.45, 7) is 5.66. The van der Waals surface area contributed by atoms with Crippen LogP contribution in [0.5, 0.6) is 0 Å². The van der Waals surface area contributed by atoms with Gasteiger partial charge in [0.2, 0.25) is 5.91 Å². The lowest BCUT2D eigenvalue weighted by Crippen LogP contribution is -2.55. The molecular formula is C28H34N2O5. The van der Waals surface area contributed by atoms with Crippen molar-refractivity contribution in [1.29, 1.82) is 0 Å². The fourth-order valence-electron chi connectivity index (χ4n) is 5.36. The molecule has 2 aromatic carbocycles. The second kappa shape index (κ2) is 9.72. The highest BCUT2D eigenvalue weighted by Gasteiger charge is 2.44. The Labute approximate surface area is 206 Å². The number of hydrogen-bond acceptors (Lipinski definition) is 4. The number of alkyl carbamates (subject to hydrolysis) is 1. The second-order valence-corrected chi connectivity index (χ2v) is 10.8. The van der Waals surface area contributed by atoms with Crippen molar-refractivity contribution in [2.75, 3.05) is 13.2 Å². The first-order chi connectivity index (χ1) is 16.6. The van der Waals surface area contributed by atoms with E-state index in [0.29, 0.717) is 12.8 Å². The Kier molecular flexibility index (Phi) is 6.88. The summed E-state index contributed by atoms with van der Waals surface area (Å²) < 4.78 is 5.62. The molecular weight excluding hydrogens is 444 g/mol. The highest BCUT2D eigenvalue weighted by molar-refractivity contribution is 5.88. The maximum Gasteiger partial charge on any atom is 0.407 e. The van der Waals surface area contributed by atoms with Gasteiger partial charge in [-0.1, -0.05) is 82.1 Å². The van der Waals surface area contributed by atoms with Gasteiger partial charge in [-0.3, -0.25) is 4.79 Å². The maximum absolute atomic E-state index is 13.2. The maximum atomic E-state index is 13.2. The molecule has 7 nitrogen and oxygen atoms in total. The van der Waals surface area contributed by atoms with E-state index >= 15 is 0 Å². The molecule has 0 aliphatic heterocycles. The third kappa shape index (κ3) is 5.04. The van der Waals surface area contributed by atoms with Crippen LogP contribution in [0.3, 0.4) is 0 Å². The minimum absolute atomic E-state index is 0.0417. The van der Waals surface area contributed by atoms with E-state index in [9.17, 15) is 19.5 Å². The molecule has 186 valence electrons. The first kappa shape index (κ1) is 24.8. The van der Waals surface area contributed by atoms with Crippen molar-refractivity contribution in [1.82, 2.24) is 10.6 Å². The largest absolute Gasteiger partial charge is 0.480 e. The second-order valence-electron chi connectivity index (χ2n) is 10.8. The molecule has 2 aliphatic carbocycles. The molecule has 7 heteroatoms. The van der Waals surface area contributed by atoms with Gasteiger partial charge in [-0.25, -0.2) is 9.59 Å². The Morgan fingerprint density at radius 2 is 1.54 bits per heavy atom. The van der Waals surface area contributed by atoms with Crippen molar-refractivity contribution < 1.29 is 24.2 Å². The number of carboxylic acids is 1. The molecule has 0 saturated heterocycles. The Hall–Kier alpha value is -3.35. The van der Waals surface area contributed by atoms with E-state index in [-0.39, 0.29) is 25.0 Å². The summed E-state index contributed by atoms with van der Waals surface area (Å²) in [7, 11) is 0. The van der Waals surface area contributed by atoms with E-state index in [1.807, 2.05) is 24.3 Å². The summed E-state index contributed by atoms with van der Waals surface area (Å²) in [6, 6.07) is 15.3. The zero-order valence-electron chi connectivity index (χ0n) is 20.6. The predicted molar refractivity (Wildman–Crippen MR) is 133 cm³/mol. The van der Waals surface area contributed by atoms with Crippen LogP contribution < -0.4 is 10.6 Å². The van der Waals surface area contributed by atoms with Gasteiger partial charge in [-0.15, -0.1) is 0 Å². The van der Waals surface area contributed by atoms with Crippen molar-refractivity contribution in [3.8, 4) is 11.1 Å². The molecule has 0 unspecified atom stereocenters. The number of carbonyl (C=O) groups excluding carboxylic acids is 2. The molecule has 1 fully saturated rings. The van der Waals surface area contributed by atoms with Crippen LogP contribution in [0.1, 0.15) is 63.5 Å². The molecule has 0 heterocycles. The Morgan fingerprint density at radius 3 is 2.06 bits per heavy atom.